The van der Waals surface area contributed by atoms with Gasteiger partial charge in [-0.15, -0.1) is 23.1 Å². The summed E-state index contributed by atoms with van der Waals surface area (Å²) in [5.74, 6) is -0.559. The minimum absolute atomic E-state index is 0.0876. The number of nitrogens with zero attached hydrogens (tertiary/aromatic N) is 3. The third-order valence-corrected chi connectivity index (χ3v) is 8.95. The lowest BCUT2D eigenvalue weighted by molar-refractivity contribution is -0.120. The van der Waals surface area contributed by atoms with E-state index in [0.717, 1.165) is 16.7 Å². The van der Waals surface area contributed by atoms with Crippen LogP contribution in [0.3, 0.4) is 0 Å². The zero-order chi connectivity index (χ0) is 29.9. The quantitative estimate of drug-likeness (QED) is 0.266. The molecule has 3 heterocycles. The van der Waals surface area contributed by atoms with Crippen LogP contribution in [0.4, 0.5) is 9.93 Å². The van der Waals surface area contributed by atoms with Gasteiger partial charge in [0.05, 0.1) is 5.69 Å². The molecule has 2 atom stereocenters. The van der Waals surface area contributed by atoms with E-state index >= 15 is 0 Å². The SMILES string of the molecule is CC(C)(C)c1ccc(-c2csc(NC(=O)C3CSC(c4ccncc4)N3C(=O)OCc3ccccc3)n2)c(C(N)=O)c1. The molecule has 1 fully saturated rings. The molecule has 2 aromatic heterocycles. The average Bonchev–Trinajstić information content (AvgIpc) is 3.64. The van der Waals surface area contributed by atoms with Crippen molar-refractivity contribution in [1.29, 1.82) is 0 Å². The fourth-order valence-electron chi connectivity index (χ4n) is 4.59. The number of rotatable bonds is 7. The van der Waals surface area contributed by atoms with E-state index in [0.29, 0.717) is 27.7 Å². The predicted octanol–water partition coefficient (Wildman–Crippen LogP) is 5.99. The number of ether oxygens (including phenoxy) is 1. The molecule has 1 aliphatic heterocycles. The normalized spacial score (nSPS) is 16.7. The van der Waals surface area contributed by atoms with Crippen molar-refractivity contribution in [3.05, 3.63) is 101 Å². The van der Waals surface area contributed by atoms with Crippen molar-refractivity contribution in [2.24, 2.45) is 5.73 Å². The van der Waals surface area contributed by atoms with Gasteiger partial charge in [0.2, 0.25) is 11.8 Å². The number of benzene rings is 2. The fourth-order valence-corrected chi connectivity index (χ4v) is 6.72. The highest BCUT2D eigenvalue weighted by atomic mass is 32.2. The maximum atomic E-state index is 13.6. The van der Waals surface area contributed by atoms with Crippen LogP contribution in [0.25, 0.3) is 11.3 Å². The summed E-state index contributed by atoms with van der Waals surface area (Å²) >= 11 is 2.71. The topological polar surface area (TPSA) is 128 Å². The fraction of sp³-hybridized carbons (Fsp3) is 0.258. The maximum absolute atomic E-state index is 13.6. The van der Waals surface area contributed by atoms with Crippen LogP contribution in [-0.4, -0.2) is 44.6 Å². The van der Waals surface area contributed by atoms with Gasteiger partial charge < -0.3 is 15.8 Å². The molecule has 3 N–H and O–H groups in total. The Hall–Kier alpha value is -4.22. The third kappa shape index (κ3) is 6.47. The van der Waals surface area contributed by atoms with E-state index in [1.165, 1.54) is 28.0 Å². The monoisotopic (exact) mass is 601 g/mol. The first-order valence-electron chi connectivity index (χ1n) is 13.3. The molecular weight excluding hydrogens is 571 g/mol. The Morgan fingerprint density at radius 1 is 1.07 bits per heavy atom. The highest BCUT2D eigenvalue weighted by molar-refractivity contribution is 7.99. The molecule has 4 aromatic rings. The third-order valence-electron chi connectivity index (χ3n) is 6.87. The molecule has 9 nitrogen and oxygen atoms in total. The van der Waals surface area contributed by atoms with Gasteiger partial charge in [-0.3, -0.25) is 19.5 Å². The molecule has 1 saturated heterocycles. The number of pyridine rings is 1. The largest absolute Gasteiger partial charge is 0.444 e. The lowest BCUT2D eigenvalue weighted by Gasteiger charge is -2.28. The number of carbonyl (C=O) groups is 3. The van der Waals surface area contributed by atoms with Crippen LogP contribution in [0, 0.1) is 0 Å². The molecule has 1 aliphatic rings. The summed E-state index contributed by atoms with van der Waals surface area (Å²) in [7, 11) is 0. The zero-order valence-corrected chi connectivity index (χ0v) is 25.1. The Labute approximate surface area is 252 Å². The van der Waals surface area contributed by atoms with Crippen LogP contribution in [0.2, 0.25) is 0 Å². The van der Waals surface area contributed by atoms with Crippen molar-refractivity contribution in [2.45, 2.75) is 44.2 Å². The van der Waals surface area contributed by atoms with E-state index in [-0.39, 0.29) is 17.9 Å². The van der Waals surface area contributed by atoms with Crippen molar-refractivity contribution in [3.8, 4) is 11.3 Å². The highest BCUT2D eigenvalue weighted by Crippen LogP contribution is 2.42. The van der Waals surface area contributed by atoms with Crippen molar-refractivity contribution in [2.75, 3.05) is 11.1 Å². The molecule has 11 heteroatoms. The summed E-state index contributed by atoms with van der Waals surface area (Å²) < 4.78 is 5.65. The number of aromatic nitrogens is 2. The van der Waals surface area contributed by atoms with Gasteiger partial charge in [-0.25, -0.2) is 9.78 Å². The number of nitrogens with one attached hydrogen (secondary N) is 1. The van der Waals surface area contributed by atoms with Crippen LogP contribution in [0.5, 0.6) is 0 Å². The molecule has 0 radical (unpaired) electrons. The number of hydrogen-bond donors (Lipinski definition) is 2. The number of thiazole rings is 1. The second-order valence-electron chi connectivity index (χ2n) is 10.8. The average molecular weight is 602 g/mol. The van der Waals surface area contributed by atoms with E-state index in [2.05, 4.69) is 36.1 Å². The molecule has 0 saturated carbocycles. The van der Waals surface area contributed by atoms with Gasteiger partial charge >= 0.3 is 6.09 Å². The molecule has 42 heavy (non-hydrogen) atoms. The smallest absolute Gasteiger partial charge is 0.412 e. The zero-order valence-electron chi connectivity index (χ0n) is 23.4. The molecule has 2 unspecified atom stereocenters. The number of anilines is 1. The lowest BCUT2D eigenvalue weighted by Crippen LogP contribution is -2.45. The van der Waals surface area contributed by atoms with Crippen molar-refractivity contribution in [3.63, 3.8) is 0 Å². The minimum atomic E-state index is -0.795. The van der Waals surface area contributed by atoms with E-state index in [4.69, 9.17) is 10.5 Å². The summed E-state index contributed by atoms with van der Waals surface area (Å²) in [5, 5.41) is 4.56. The van der Waals surface area contributed by atoms with Crippen molar-refractivity contribution >= 4 is 46.1 Å². The first-order chi connectivity index (χ1) is 20.1. The van der Waals surface area contributed by atoms with Gasteiger partial charge in [-0.05, 0) is 40.3 Å². The van der Waals surface area contributed by atoms with Crippen molar-refractivity contribution < 1.29 is 19.1 Å². The number of hydrogen-bond acceptors (Lipinski definition) is 8. The van der Waals surface area contributed by atoms with Crippen LogP contribution >= 0.6 is 23.1 Å². The molecule has 0 spiro atoms. The van der Waals surface area contributed by atoms with E-state index in [1.54, 1.807) is 23.8 Å². The molecular formula is C31H31N5O4S2. The molecule has 2 aromatic carbocycles. The second kappa shape index (κ2) is 12.3. The Balaban J connectivity index is 1.36. The summed E-state index contributed by atoms with van der Waals surface area (Å²) in [6.07, 6.45) is 2.72. The van der Waals surface area contributed by atoms with Gasteiger partial charge in [-0.2, -0.15) is 0 Å². The highest BCUT2D eigenvalue weighted by Gasteiger charge is 2.43. The van der Waals surface area contributed by atoms with E-state index in [1.807, 2.05) is 54.6 Å². The van der Waals surface area contributed by atoms with Crippen molar-refractivity contribution in [1.82, 2.24) is 14.9 Å². The van der Waals surface area contributed by atoms with Crippen LogP contribution in [0.1, 0.15) is 53.2 Å². The number of nitrogens with two attached hydrogens (primary N) is 1. The van der Waals surface area contributed by atoms with Crippen LogP contribution in [-0.2, 0) is 21.6 Å². The number of primary amides is 1. The molecule has 3 amide bonds. The summed E-state index contributed by atoms with van der Waals surface area (Å²) in [6, 6.07) is 17.8. The second-order valence-corrected chi connectivity index (χ2v) is 12.8. The Kier molecular flexibility index (Phi) is 8.60. The molecule has 0 aliphatic carbocycles. The van der Waals surface area contributed by atoms with Gasteiger partial charge in [0, 0.05) is 34.7 Å². The van der Waals surface area contributed by atoms with Gasteiger partial charge in [-0.1, -0.05) is 63.2 Å². The first kappa shape index (κ1) is 29.3. The number of thioether (sulfide) groups is 1. The van der Waals surface area contributed by atoms with Gasteiger partial charge in [0.15, 0.2) is 5.13 Å². The van der Waals surface area contributed by atoms with E-state index < -0.39 is 23.4 Å². The van der Waals surface area contributed by atoms with Crippen LogP contribution < -0.4 is 11.1 Å². The Morgan fingerprint density at radius 2 is 1.81 bits per heavy atom. The lowest BCUT2D eigenvalue weighted by atomic mass is 9.85. The van der Waals surface area contributed by atoms with Gasteiger partial charge in [0.25, 0.3) is 0 Å². The summed E-state index contributed by atoms with van der Waals surface area (Å²) in [6.45, 7) is 6.27. The minimum Gasteiger partial charge on any atom is -0.444 e. The number of carbonyl (C=O) groups excluding carboxylic acids is 3. The van der Waals surface area contributed by atoms with E-state index in [9.17, 15) is 14.4 Å². The van der Waals surface area contributed by atoms with Crippen LogP contribution in [0.15, 0.2) is 78.4 Å². The predicted molar refractivity (Wildman–Crippen MR) is 165 cm³/mol. The first-order valence-corrected chi connectivity index (χ1v) is 15.3. The summed E-state index contributed by atoms with van der Waals surface area (Å²) in [4.78, 5) is 49.4. The molecule has 0 bridgehead atoms. The van der Waals surface area contributed by atoms with Gasteiger partial charge in [0.1, 0.15) is 18.0 Å². The maximum Gasteiger partial charge on any atom is 0.412 e. The Morgan fingerprint density at radius 3 is 2.50 bits per heavy atom. The Bertz CT molecular complexity index is 1590. The molecule has 216 valence electrons. The number of amides is 3. The summed E-state index contributed by atoms with van der Waals surface area (Å²) in [5.41, 5.74) is 9.70. The molecule has 5 rings (SSSR count). The standard InChI is InChI=1S/C31H31N5O4S2/c1-31(2,3)21-9-10-22(23(15-21)26(32)37)24-17-42-29(34-24)35-27(38)25-18-41-28(20-11-13-33-14-12-20)36(25)30(39)40-16-19-7-5-4-6-8-19/h4-15,17,25,28H,16,18H2,1-3H3,(H2,32,37)(H,34,35,38).